The van der Waals surface area contributed by atoms with Gasteiger partial charge in [-0.05, 0) is 49.8 Å². The summed E-state index contributed by atoms with van der Waals surface area (Å²) >= 11 is 0. The summed E-state index contributed by atoms with van der Waals surface area (Å²) in [6.45, 7) is 3.83. The molecule has 2 aliphatic rings. The van der Waals surface area contributed by atoms with Crippen molar-refractivity contribution >= 4 is 17.5 Å². The number of nitrogens with one attached hydrogen (secondary N) is 1. The van der Waals surface area contributed by atoms with E-state index in [9.17, 15) is 9.59 Å². The van der Waals surface area contributed by atoms with E-state index in [-0.39, 0.29) is 23.7 Å². The van der Waals surface area contributed by atoms with Gasteiger partial charge in [0, 0.05) is 18.8 Å². The van der Waals surface area contributed by atoms with Crippen LogP contribution in [0, 0.1) is 11.8 Å². The number of aryl methyl sites for hydroxylation is 1. The van der Waals surface area contributed by atoms with Crippen molar-refractivity contribution in [3.8, 4) is 0 Å². The van der Waals surface area contributed by atoms with Crippen LogP contribution in [-0.2, 0) is 16.0 Å². The number of likely N-dealkylation sites (tertiary alicyclic amines) is 1. The van der Waals surface area contributed by atoms with Crippen LogP contribution in [0.3, 0.4) is 0 Å². The molecule has 1 aromatic rings. The van der Waals surface area contributed by atoms with Gasteiger partial charge in [0.05, 0.1) is 11.8 Å². The van der Waals surface area contributed by atoms with Gasteiger partial charge in [-0.2, -0.15) is 0 Å². The average molecular weight is 300 g/mol. The van der Waals surface area contributed by atoms with Crippen LogP contribution in [-0.4, -0.2) is 29.8 Å². The number of amides is 2. The number of carbonyl (C=O) groups is 2. The maximum Gasteiger partial charge on any atom is 0.228 e. The van der Waals surface area contributed by atoms with Crippen LogP contribution in [0.15, 0.2) is 24.3 Å². The summed E-state index contributed by atoms with van der Waals surface area (Å²) in [7, 11) is 0. The summed E-state index contributed by atoms with van der Waals surface area (Å²) in [5.41, 5.74) is 2.07. The minimum absolute atomic E-state index is 0.0143. The summed E-state index contributed by atoms with van der Waals surface area (Å²) in [6.07, 6.45) is 5.10. The topological polar surface area (TPSA) is 49.4 Å². The largest absolute Gasteiger partial charge is 0.342 e. The Balaban J connectivity index is 1.52. The summed E-state index contributed by atoms with van der Waals surface area (Å²) in [4.78, 5) is 26.5. The van der Waals surface area contributed by atoms with Gasteiger partial charge >= 0.3 is 0 Å². The second-order valence-corrected chi connectivity index (χ2v) is 6.37. The summed E-state index contributed by atoms with van der Waals surface area (Å²) in [5, 5.41) is 2.93. The predicted octanol–water partition coefficient (Wildman–Crippen LogP) is 2.84. The van der Waals surface area contributed by atoms with Gasteiger partial charge in [0.25, 0.3) is 0 Å². The molecule has 4 nitrogen and oxygen atoms in total. The SMILES string of the molecule is CCc1ccc(NC(=O)C2CC2C(=O)N2CCCCC2)cc1. The summed E-state index contributed by atoms with van der Waals surface area (Å²) < 4.78 is 0. The van der Waals surface area contributed by atoms with Gasteiger partial charge in [-0.15, -0.1) is 0 Å². The Morgan fingerprint density at radius 3 is 2.41 bits per heavy atom. The first-order valence-corrected chi connectivity index (χ1v) is 8.37. The van der Waals surface area contributed by atoms with Gasteiger partial charge in [-0.25, -0.2) is 0 Å². The third-order valence-corrected chi connectivity index (χ3v) is 4.74. The Morgan fingerprint density at radius 2 is 1.77 bits per heavy atom. The lowest BCUT2D eigenvalue weighted by Gasteiger charge is -2.26. The Hall–Kier alpha value is -1.84. The van der Waals surface area contributed by atoms with Crippen molar-refractivity contribution < 1.29 is 9.59 Å². The number of nitrogens with zero attached hydrogens (tertiary/aromatic N) is 1. The molecule has 2 unspecified atom stereocenters. The van der Waals surface area contributed by atoms with Gasteiger partial charge in [-0.1, -0.05) is 19.1 Å². The van der Waals surface area contributed by atoms with Crippen molar-refractivity contribution in [3.63, 3.8) is 0 Å². The van der Waals surface area contributed by atoms with E-state index in [1.54, 1.807) is 0 Å². The van der Waals surface area contributed by atoms with Crippen LogP contribution in [0.1, 0.15) is 38.2 Å². The van der Waals surface area contributed by atoms with Crippen LogP contribution in [0.4, 0.5) is 5.69 Å². The fraction of sp³-hybridized carbons (Fsp3) is 0.556. The van der Waals surface area contributed by atoms with Crippen LogP contribution < -0.4 is 5.32 Å². The van der Waals surface area contributed by atoms with E-state index in [1.807, 2.05) is 29.2 Å². The Labute approximate surface area is 131 Å². The quantitative estimate of drug-likeness (QED) is 0.929. The van der Waals surface area contributed by atoms with Crippen LogP contribution in [0.2, 0.25) is 0 Å². The molecule has 3 rings (SSSR count). The number of hydrogen-bond acceptors (Lipinski definition) is 2. The van der Waals surface area contributed by atoms with Crippen molar-refractivity contribution in [2.75, 3.05) is 18.4 Å². The molecule has 1 N–H and O–H groups in total. The van der Waals surface area contributed by atoms with Gasteiger partial charge in [0.2, 0.25) is 11.8 Å². The molecule has 1 aliphatic heterocycles. The maximum atomic E-state index is 12.4. The number of piperidine rings is 1. The minimum atomic E-state index is -0.139. The Bertz CT molecular complexity index is 547. The standard InChI is InChI=1S/C18H24N2O2/c1-2-13-6-8-14(9-7-13)19-17(21)15-12-16(15)18(22)20-10-4-3-5-11-20/h6-9,15-16H,2-5,10-12H2,1H3,(H,19,21). The number of benzene rings is 1. The molecule has 0 radical (unpaired) electrons. The predicted molar refractivity (Wildman–Crippen MR) is 86.5 cm³/mol. The normalized spacial score (nSPS) is 24.0. The van der Waals surface area contributed by atoms with Crippen molar-refractivity contribution in [2.24, 2.45) is 11.8 Å². The van der Waals surface area contributed by atoms with Gasteiger partial charge in [0.15, 0.2) is 0 Å². The first-order valence-electron chi connectivity index (χ1n) is 8.37. The maximum absolute atomic E-state index is 12.4. The molecule has 2 amide bonds. The molecule has 22 heavy (non-hydrogen) atoms. The van der Waals surface area contributed by atoms with E-state index in [4.69, 9.17) is 0 Å². The highest BCUT2D eigenvalue weighted by molar-refractivity contribution is 5.99. The Morgan fingerprint density at radius 1 is 1.09 bits per heavy atom. The zero-order valence-electron chi connectivity index (χ0n) is 13.2. The molecular weight excluding hydrogens is 276 g/mol. The lowest BCUT2D eigenvalue weighted by Crippen LogP contribution is -2.37. The first kappa shape index (κ1) is 15.1. The highest BCUT2D eigenvalue weighted by Crippen LogP contribution is 2.41. The van der Waals surface area contributed by atoms with Gasteiger partial charge in [-0.3, -0.25) is 9.59 Å². The minimum Gasteiger partial charge on any atom is -0.342 e. The number of rotatable bonds is 4. The monoisotopic (exact) mass is 300 g/mol. The lowest BCUT2D eigenvalue weighted by molar-refractivity contribution is -0.134. The highest BCUT2D eigenvalue weighted by atomic mass is 16.2. The molecular formula is C18H24N2O2. The molecule has 118 valence electrons. The molecule has 1 aromatic carbocycles. The molecule has 1 aliphatic carbocycles. The Kier molecular flexibility index (Phi) is 4.46. The van der Waals surface area contributed by atoms with Gasteiger partial charge in [0.1, 0.15) is 0 Å². The highest BCUT2D eigenvalue weighted by Gasteiger charge is 2.49. The van der Waals surface area contributed by atoms with E-state index >= 15 is 0 Å². The third kappa shape index (κ3) is 3.32. The second-order valence-electron chi connectivity index (χ2n) is 6.37. The smallest absolute Gasteiger partial charge is 0.228 e. The zero-order valence-corrected chi connectivity index (χ0v) is 13.2. The van der Waals surface area contributed by atoms with Gasteiger partial charge < -0.3 is 10.2 Å². The van der Waals surface area contributed by atoms with E-state index < -0.39 is 0 Å². The van der Waals surface area contributed by atoms with E-state index in [2.05, 4.69) is 12.2 Å². The fourth-order valence-corrected chi connectivity index (χ4v) is 3.17. The van der Waals surface area contributed by atoms with E-state index in [0.717, 1.165) is 38.0 Å². The average Bonchev–Trinajstić information content (AvgIpc) is 3.36. The molecule has 4 heteroatoms. The summed E-state index contributed by atoms with van der Waals surface area (Å²) in [5.74, 6) is -0.0610. The molecule has 0 spiro atoms. The molecule has 1 saturated carbocycles. The third-order valence-electron chi connectivity index (χ3n) is 4.74. The molecule has 2 fully saturated rings. The summed E-state index contributed by atoms with van der Waals surface area (Å²) in [6, 6.07) is 7.92. The van der Waals surface area contributed by atoms with Crippen molar-refractivity contribution in [2.45, 2.75) is 39.0 Å². The van der Waals surface area contributed by atoms with Crippen molar-refractivity contribution in [3.05, 3.63) is 29.8 Å². The zero-order chi connectivity index (χ0) is 15.5. The molecule has 2 atom stereocenters. The fourth-order valence-electron chi connectivity index (χ4n) is 3.17. The molecule has 1 heterocycles. The second kappa shape index (κ2) is 6.51. The lowest BCUT2D eigenvalue weighted by atomic mass is 10.1. The van der Waals surface area contributed by atoms with Crippen LogP contribution in [0.25, 0.3) is 0 Å². The number of carbonyl (C=O) groups excluding carboxylic acids is 2. The molecule has 0 bridgehead atoms. The van der Waals surface area contributed by atoms with Crippen molar-refractivity contribution in [1.82, 2.24) is 4.90 Å². The van der Waals surface area contributed by atoms with E-state index in [0.29, 0.717) is 6.42 Å². The first-order chi connectivity index (χ1) is 10.7. The van der Waals surface area contributed by atoms with Crippen LogP contribution >= 0.6 is 0 Å². The molecule has 1 saturated heterocycles. The number of hydrogen-bond donors (Lipinski definition) is 1. The van der Waals surface area contributed by atoms with Crippen LogP contribution in [0.5, 0.6) is 0 Å². The van der Waals surface area contributed by atoms with E-state index in [1.165, 1.54) is 12.0 Å². The molecule has 0 aromatic heterocycles. The number of anilines is 1. The van der Waals surface area contributed by atoms with Crippen molar-refractivity contribution in [1.29, 1.82) is 0 Å².